The van der Waals surface area contributed by atoms with Crippen LogP contribution >= 0.6 is 0 Å². The number of fused-ring (bicyclic) bond motifs is 1. The van der Waals surface area contributed by atoms with Crippen LogP contribution in [0.2, 0.25) is 0 Å². The lowest BCUT2D eigenvalue weighted by molar-refractivity contribution is 0.589. The van der Waals surface area contributed by atoms with Crippen LogP contribution in [-0.2, 0) is 6.42 Å². The average molecular weight is 298 g/mol. The van der Waals surface area contributed by atoms with Crippen LogP contribution in [0, 0.1) is 0 Å². The summed E-state index contributed by atoms with van der Waals surface area (Å²) in [5.74, 6) is 1.58. The predicted octanol–water partition coefficient (Wildman–Crippen LogP) is 2.03. The van der Waals surface area contributed by atoms with Gasteiger partial charge in [-0.2, -0.15) is 15.0 Å². The van der Waals surface area contributed by atoms with E-state index < -0.39 is 0 Å². The van der Waals surface area contributed by atoms with Gasteiger partial charge in [0.25, 0.3) is 0 Å². The van der Waals surface area contributed by atoms with Crippen LogP contribution in [0.1, 0.15) is 30.8 Å². The van der Waals surface area contributed by atoms with Crippen LogP contribution in [-0.4, -0.2) is 35.6 Å². The lowest BCUT2D eigenvalue weighted by Crippen LogP contribution is -2.33. The second kappa shape index (κ2) is 5.79. The number of nitrogen functional groups attached to an aromatic ring is 1. The maximum Gasteiger partial charge on any atom is 0.229 e. The minimum absolute atomic E-state index is 0.0606. The lowest BCUT2D eigenvalue weighted by Gasteiger charge is -2.35. The smallest absolute Gasteiger partial charge is 0.229 e. The first-order valence-corrected chi connectivity index (χ1v) is 7.59. The molecule has 0 aliphatic carbocycles. The van der Waals surface area contributed by atoms with Crippen LogP contribution in [0.15, 0.2) is 24.3 Å². The van der Waals surface area contributed by atoms with Gasteiger partial charge in [0.1, 0.15) is 0 Å². The van der Waals surface area contributed by atoms with Crippen molar-refractivity contribution in [3.05, 3.63) is 35.7 Å². The fourth-order valence-electron chi connectivity index (χ4n) is 2.89. The zero-order chi connectivity index (χ0) is 15.7. The molecular weight excluding hydrogens is 276 g/mol. The van der Waals surface area contributed by atoms with Gasteiger partial charge in [-0.05, 0) is 31.4 Å². The van der Waals surface area contributed by atoms with Crippen LogP contribution in [0.4, 0.5) is 17.6 Å². The van der Waals surface area contributed by atoms with Gasteiger partial charge >= 0.3 is 0 Å². The first-order valence-electron chi connectivity index (χ1n) is 7.59. The molecule has 6 nitrogen and oxygen atoms in total. The normalized spacial score (nSPS) is 15.3. The topological polar surface area (TPSA) is 71.2 Å². The minimum Gasteiger partial charge on any atom is -0.368 e. The highest BCUT2D eigenvalue weighted by atomic mass is 15.3. The number of rotatable bonds is 3. The Morgan fingerprint density at radius 3 is 2.73 bits per heavy atom. The molecule has 0 amide bonds. The number of anilines is 3. The molecule has 1 aliphatic heterocycles. The molecule has 0 unspecified atom stereocenters. The molecule has 0 spiro atoms. The standard InChI is InChI=1S/C16H22N6/c1-11(14-18-15(17)20-16(19-14)21(2)3)22-10-6-8-12-7-4-5-9-13(12)22/h4-5,7,9,11H,6,8,10H2,1-3H3,(H2,17,18,19,20)/t11-/m1/s1. The van der Waals surface area contributed by atoms with Crippen molar-refractivity contribution in [2.75, 3.05) is 36.2 Å². The molecule has 2 N–H and O–H groups in total. The van der Waals surface area contributed by atoms with Crippen molar-refractivity contribution in [2.45, 2.75) is 25.8 Å². The predicted molar refractivity (Wildman–Crippen MR) is 89.1 cm³/mol. The Labute approximate surface area is 131 Å². The van der Waals surface area contributed by atoms with Gasteiger partial charge in [-0.25, -0.2) is 0 Å². The third kappa shape index (κ3) is 2.68. The van der Waals surface area contributed by atoms with Crippen LogP contribution in [0.5, 0.6) is 0 Å². The third-order valence-corrected chi connectivity index (χ3v) is 4.05. The zero-order valence-corrected chi connectivity index (χ0v) is 13.3. The molecule has 1 aromatic heterocycles. The quantitative estimate of drug-likeness (QED) is 0.935. The van der Waals surface area contributed by atoms with E-state index in [2.05, 4.69) is 51.0 Å². The highest BCUT2D eigenvalue weighted by Gasteiger charge is 2.24. The Hall–Kier alpha value is -2.37. The van der Waals surface area contributed by atoms with Crippen molar-refractivity contribution in [1.29, 1.82) is 0 Å². The van der Waals surface area contributed by atoms with Gasteiger partial charge in [0, 0.05) is 26.3 Å². The molecular formula is C16H22N6. The van der Waals surface area contributed by atoms with E-state index in [9.17, 15) is 0 Å². The number of benzene rings is 1. The number of nitrogens with two attached hydrogens (primary N) is 1. The number of aromatic nitrogens is 3. The first-order chi connectivity index (χ1) is 10.6. The van der Waals surface area contributed by atoms with Gasteiger partial charge in [0.05, 0.1) is 6.04 Å². The van der Waals surface area contributed by atoms with Crippen LogP contribution < -0.4 is 15.5 Å². The Kier molecular flexibility index (Phi) is 3.83. The van der Waals surface area contributed by atoms with E-state index >= 15 is 0 Å². The van der Waals surface area contributed by atoms with Crippen molar-refractivity contribution < 1.29 is 0 Å². The maximum absolute atomic E-state index is 5.85. The van der Waals surface area contributed by atoms with E-state index in [0.29, 0.717) is 11.8 Å². The summed E-state index contributed by atoms with van der Waals surface area (Å²) >= 11 is 0. The van der Waals surface area contributed by atoms with Crippen molar-refractivity contribution in [1.82, 2.24) is 15.0 Å². The van der Waals surface area contributed by atoms with E-state index in [4.69, 9.17) is 5.73 Å². The highest BCUT2D eigenvalue weighted by Crippen LogP contribution is 2.33. The largest absolute Gasteiger partial charge is 0.368 e. The molecule has 1 aliphatic rings. The molecule has 2 aromatic rings. The van der Waals surface area contributed by atoms with Gasteiger partial charge in [-0.15, -0.1) is 0 Å². The molecule has 0 bridgehead atoms. The van der Waals surface area contributed by atoms with Gasteiger partial charge in [0.2, 0.25) is 11.9 Å². The number of hydrogen-bond donors (Lipinski definition) is 1. The summed E-state index contributed by atoms with van der Waals surface area (Å²) in [5.41, 5.74) is 8.51. The van der Waals surface area contributed by atoms with Gasteiger partial charge in [0.15, 0.2) is 5.82 Å². The summed E-state index contributed by atoms with van der Waals surface area (Å²) in [5, 5.41) is 0. The summed E-state index contributed by atoms with van der Waals surface area (Å²) in [6, 6.07) is 8.60. The van der Waals surface area contributed by atoms with Crippen molar-refractivity contribution in [2.24, 2.45) is 0 Å². The van der Waals surface area contributed by atoms with E-state index in [-0.39, 0.29) is 12.0 Å². The monoisotopic (exact) mass is 298 g/mol. The Bertz CT molecular complexity index is 669. The summed E-state index contributed by atoms with van der Waals surface area (Å²) in [4.78, 5) is 17.3. The van der Waals surface area contributed by atoms with Crippen LogP contribution in [0.25, 0.3) is 0 Å². The summed E-state index contributed by atoms with van der Waals surface area (Å²) in [6.45, 7) is 3.12. The summed E-state index contributed by atoms with van der Waals surface area (Å²) in [6.07, 6.45) is 2.27. The van der Waals surface area contributed by atoms with E-state index in [0.717, 1.165) is 19.4 Å². The van der Waals surface area contributed by atoms with Gasteiger partial charge in [-0.3, -0.25) is 0 Å². The third-order valence-electron chi connectivity index (χ3n) is 4.05. The van der Waals surface area contributed by atoms with Crippen molar-refractivity contribution in [3.8, 4) is 0 Å². The van der Waals surface area contributed by atoms with Gasteiger partial charge in [-0.1, -0.05) is 18.2 Å². The van der Waals surface area contributed by atoms with E-state index in [1.807, 2.05) is 19.0 Å². The molecule has 0 fully saturated rings. The molecule has 1 aromatic carbocycles. The lowest BCUT2D eigenvalue weighted by atomic mass is 10.00. The Morgan fingerprint density at radius 2 is 1.95 bits per heavy atom. The first kappa shape index (κ1) is 14.6. The molecule has 2 heterocycles. The second-order valence-electron chi connectivity index (χ2n) is 5.85. The van der Waals surface area contributed by atoms with Crippen molar-refractivity contribution >= 4 is 17.6 Å². The average Bonchev–Trinajstić information content (AvgIpc) is 2.53. The molecule has 0 saturated heterocycles. The second-order valence-corrected chi connectivity index (χ2v) is 5.85. The number of hydrogen-bond acceptors (Lipinski definition) is 6. The molecule has 0 saturated carbocycles. The minimum atomic E-state index is 0.0606. The Morgan fingerprint density at radius 1 is 1.18 bits per heavy atom. The summed E-state index contributed by atoms with van der Waals surface area (Å²) in [7, 11) is 3.80. The highest BCUT2D eigenvalue weighted by molar-refractivity contribution is 5.56. The number of aryl methyl sites for hydroxylation is 1. The van der Waals surface area contributed by atoms with Crippen LogP contribution in [0.3, 0.4) is 0 Å². The summed E-state index contributed by atoms with van der Waals surface area (Å²) < 4.78 is 0. The molecule has 22 heavy (non-hydrogen) atoms. The zero-order valence-electron chi connectivity index (χ0n) is 13.3. The Balaban J connectivity index is 1.97. The van der Waals surface area contributed by atoms with E-state index in [1.165, 1.54) is 11.3 Å². The number of nitrogens with zero attached hydrogens (tertiary/aromatic N) is 5. The van der Waals surface area contributed by atoms with Crippen molar-refractivity contribution in [3.63, 3.8) is 0 Å². The van der Waals surface area contributed by atoms with Gasteiger partial charge < -0.3 is 15.5 Å². The molecule has 0 radical (unpaired) electrons. The molecule has 1 atom stereocenters. The SMILES string of the molecule is C[C@H](c1nc(N)nc(N(C)C)n1)N1CCCc2ccccc21. The molecule has 116 valence electrons. The number of para-hydroxylation sites is 1. The molecule has 3 rings (SSSR count). The fourth-order valence-corrected chi connectivity index (χ4v) is 2.89. The van der Waals surface area contributed by atoms with E-state index in [1.54, 1.807) is 0 Å². The maximum atomic E-state index is 5.85. The fraction of sp³-hybridized carbons (Fsp3) is 0.438. The molecule has 6 heteroatoms.